The lowest BCUT2D eigenvalue weighted by Gasteiger charge is -2.43. The van der Waals surface area contributed by atoms with Crippen molar-refractivity contribution in [2.45, 2.75) is 57.2 Å². The Labute approximate surface area is 190 Å². The standard InChI is InChI=1S/C25H33N5O2/c1-16(12-25(32)29(2)3)17-8-9-21(23(31)13-17)22-10-11-24(28-27-22)30(4)20-14-18-6-5-7-19(15-20)26-18/h8-13,18-20,26,31H,5-7,14-15H2,1-4H3/b16-12+/t18-,19+,20+. The van der Waals surface area contributed by atoms with Gasteiger partial charge in [0.05, 0.1) is 5.69 Å². The van der Waals surface area contributed by atoms with Crippen LogP contribution in [0.4, 0.5) is 5.82 Å². The maximum Gasteiger partial charge on any atom is 0.246 e. The van der Waals surface area contributed by atoms with E-state index in [1.807, 2.05) is 31.2 Å². The van der Waals surface area contributed by atoms with E-state index in [-0.39, 0.29) is 11.7 Å². The maximum absolute atomic E-state index is 11.9. The van der Waals surface area contributed by atoms with Crippen LogP contribution in [0.2, 0.25) is 0 Å². The van der Waals surface area contributed by atoms with Crippen molar-refractivity contribution < 1.29 is 9.90 Å². The summed E-state index contributed by atoms with van der Waals surface area (Å²) in [7, 11) is 5.53. The molecular weight excluding hydrogens is 402 g/mol. The third-order valence-corrected chi connectivity index (χ3v) is 6.76. The van der Waals surface area contributed by atoms with Crippen molar-refractivity contribution in [2.24, 2.45) is 0 Å². The van der Waals surface area contributed by atoms with E-state index < -0.39 is 0 Å². The third kappa shape index (κ3) is 4.78. The van der Waals surface area contributed by atoms with Crippen molar-refractivity contribution in [2.75, 3.05) is 26.0 Å². The number of anilines is 1. The summed E-state index contributed by atoms with van der Waals surface area (Å²) in [5.74, 6) is 0.888. The summed E-state index contributed by atoms with van der Waals surface area (Å²) < 4.78 is 0. The molecule has 2 aliphatic heterocycles. The predicted octanol–water partition coefficient (Wildman–Crippen LogP) is 3.45. The number of hydrogen-bond donors (Lipinski definition) is 2. The van der Waals surface area contributed by atoms with Gasteiger partial charge in [-0.15, -0.1) is 10.2 Å². The number of carbonyl (C=O) groups is 1. The van der Waals surface area contributed by atoms with Gasteiger partial charge in [-0.1, -0.05) is 12.5 Å². The molecule has 1 aromatic heterocycles. The predicted molar refractivity (Wildman–Crippen MR) is 127 cm³/mol. The molecule has 32 heavy (non-hydrogen) atoms. The third-order valence-electron chi connectivity index (χ3n) is 6.76. The molecule has 0 spiro atoms. The number of benzene rings is 1. The fraction of sp³-hybridized carbons (Fsp3) is 0.480. The van der Waals surface area contributed by atoms with Crippen molar-refractivity contribution in [3.8, 4) is 17.0 Å². The molecule has 7 nitrogen and oxygen atoms in total. The van der Waals surface area contributed by atoms with Gasteiger partial charge >= 0.3 is 0 Å². The largest absolute Gasteiger partial charge is 0.507 e. The number of phenolic OH excluding ortho intramolecular Hbond substituents is 1. The second-order valence-corrected chi connectivity index (χ2v) is 9.30. The minimum atomic E-state index is -0.0889. The summed E-state index contributed by atoms with van der Waals surface area (Å²) in [6, 6.07) is 11.0. The van der Waals surface area contributed by atoms with E-state index in [0.29, 0.717) is 29.4 Å². The van der Waals surface area contributed by atoms with E-state index in [1.165, 1.54) is 24.2 Å². The van der Waals surface area contributed by atoms with Gasteiger partial charge in [0.2, 0.25) is 5.91 Å². The van der Waals surface area contributed by atoms with Crippen molar-refractivity contribution >= 4 is 17.3 Å². The number of nitrogens with zero attached hydrogens (tertiary/aromatic N) is 4. The SMILES string of the molecule is C/C(=C\C(=O)N(C)C)c1ccc(-c2ccc(N(C)[C@H]3C[C@H]4CCC[C@@H](C3)N4)nn2)c(O)c1. The minimum Gasteiger partial charge on any atom is -0.507 e. The first-order valence-electron chi connectivity index (χ1n) is 11.4. The van der Waals surface area contributed by atoms with Gasteiger partial charge in [0, 0.05) is 50.9 Å². The Morgan fingerprint density at radius 2 is 1.81 bits per heavy atom. The minimum absolute atomic E-state index is 0.0889. The molecular formula is C25H33N5O2. The Morgan fingerprint density at radius 3 is 2.41 bits per heavy atom. The molecule has 7 heteroatoms. The van der Waals surface area contributed by atoms with E-state index in [4.69, 9.17) is 0 Å². The summed E-state index contributed by atoms with van der Waals surface area (Å²) in [5.41, 5.74) is 2.83. The molecule has 0 aliphatic carbocycles. The summed E-state index contributed by atoms with van der Waals surface area (Å²) in [4.78, 5) is 15.7. The highest BCUT2D eigenvalue weighted by Crippen LogP contribution is 2.32. The molecule has 2 saturated heterocycles. The van der Waals surface area contributed by atoms with Crippen molar-refractivity contribution in [1.29, 1.82) is 0 Å². The number of amides is 1. The van der Waals surface area contributed by atoms with Gasteiger partial charge in [-0.3, -0.25) is 4.79 Å². The molecule has 0 unspecified atom stereocenters. The monoisotopic (exact) mass is 435 g/mol. The quantitative estimate of drug-likeness (QED) is 0.700. The van der Waals surface area contributed by atoms with Crippen LogP contribution in [0.25, 0.3) is 16.8 Å². The van der Waals surface area contributed by atoms with Crippen molar-refractivity contribution in [1.82, 2.24) is 20.4 Å². The molecule has 2 aliphatic rings. The molecule has 170 valence electrons. The average molecular weight is 436 g/mol. The fourth-order valence-corrected chi connectivity index (χ4v) is 4.79. The molecule has 2 bridgehead atoms. The summed E-state index contributed by atoms with van der Waals surface area (Å²) >= 11 is 0. The van der Waals surface area contributed by atoms with Crippen LogP contribution in [-0.4, -0.2) is 65.4 Å². The summed E-state index contributed by atoms with van der Waals surface area (Å²) in [6.07, 6.45) is 7.70. The van der Waals surface area contributed by atoms with Crippen LogP contribution < -0.4 is 10.2 Å². The number of rotatable bonds is 5. The Hall–Kier alpha value is -2.93. The zero-order chi connectivity index (χ0) is 22.8. The van der Waals surface area contributed by atoms with E-state index in [9.17, 15) is 9.90 Å². The lowest BCUT2D eigenvalue weighted by molar-refractivity contribution is -0.123. The number of nitrogens with one attached hydrogen (secondary N) is 1. The van der Waals surface area contributed by atoms with Gasteiger partial charge in [0.15, 0.2) is 5.82 Å². The van der Waals surface area contributed by atoms with Gasteiger partial charge in [-0.25, -0.2) is 0 Å². The molecule has 3 atom stereocenters. The highest BCUT2D eigenvalue weighted by molar-refractivity contribution is 5.94. The molecule has 3 heterocycles. The number of aromatic hydroxyl groups is 1. The second-order valence-electron chi connectivity index (χ2n) is 9.30. The number of carbonyl (C=O) groups excluding carboxylic acids is 1. The Balaban J connectivity index is 1.48. The Bertz CT molecular complexity index is 990. The first kappa shape index (κ1) is 22.3. The smallest absolute Gasteiger partial charge is 0.246 e. The topological polar surface area (TPSA) is 81.6 Å². The van der Waals surface area contributed by atoms with E-state index >= 15 is 0 Å². The van der Waals surface area contributed by atoms with Crippen LogP contribution in [0.5, 0.6) is 5.75 Å². The van der Waals surface area contributed by atoms with E-state index in [2.05, 4.69) is 27.5 Å². The zero-order valence-corrected chi connectivity index (χ0v) is 19.4. The molecule has 2 fully saturated rings. The molecule has 1 aromatic carbocycles. The van der Waals surface area contributed by atoms with Crippen LogP contribution in [-0.2, 0) is 4.79 Å². The van der Waals surface area contributed by atoms with Gasteiger partial charge in [-0.2, -0.15) is 0 Å². The van der Waals surface area contributed by atoms with Crippen LogP contribution in [0.3, 0.4) is 0 Å². The van der Waals surface area contributed by atoms with Crippen LogP contribution in [0.15, 0.2) is 36.4 Å². The highest BCUT2D eigenvalue weighted by atomic mass is 16.3. The molecule has 0 radical (unpaired) electrons. The lowest BCUT2D eigenvalue weighted by atomic mass is 9.83. The number of fused-ring (bicyclic) bond motifs is 2. The van der Waals surface area contributed by atoms with Gasteiger partial charge in [0.1, 0.15) is 5.75 Å². The number of allylic oxidation sites excluding steroid dienone is 1. The Kier molecular flexibility index (Phi) is 6.46. The van der Waals surface area contributed by atoms with Crippen molar-refractivity contribution in [3.05, 3.63) is 42.0 Å². The summed E-state index contributed by atoms with van der Waals surface area (Å²) in [5, 5.41) is 23.2. The Morgan fingerprint density at radius 1 is 1.09 bits per heavy atom. The molecule has 2 aromatic rings. The summed E-state index contributed by atoms with van der Waals surface area (Å²) in [6.45, 7) is 1.86. The second kappa shape index (κ2) is 9.28. The normalized spacial score (nSPS) is 23.0. The fourth-order valence-electron chi connectivity index (χ4n) is 4.79. The lowest BCUT2D eigenvalue weighted by Crippen LogP contribution is -2.54. The first-order chi connectivity index (χ1) is 15.3. The maximum atomic E-state index is 11.9. The van der Waals surface area contributed by atoms with E-state index in [0.717, 1.165) is 29.8 Å². The van der Waals surface area contributed by atoms with Crippen LogP contribution in [0, 0.1) is 0 Å². The molecule has 2 N–H and O–H groups in total. The zero-order valence-electron chi connectivity index (χ0n) is 19.4. The number of piperidine rings is 2. The van der Waals surface area contributed by atoms with Gasteiger partial charge in [-0.05, 0) is 68.0 Å². The van der Waals surface area contributed by atoms with Crippen LogP contribution in [0.1, 0.15) is 44.6 Å². The highest BCUT2D eigenvalue weighted by Gasteiger charge is 2.33. The number of aromatic nitrogens is 2. The number of likely N-dealkylation sites (N-methyl/N-ethyl adjacent to an activating group) is 1. The van der Waals surface area contributed by atoms with Gasteiger partial charge < -0.3 is 20.2 Å². The van der Waals surface area contributed by atoms with Crippen LogP contribution >= 0.6 is 0 Å². The van der Waals surface area contributed by atoms with Gasteiger partial charge in [0.25, 0.3) is 0 Å². The molecule has 0 saturated carbocycles. The average Bonchev–Trinajstić information content (AvgIpc) is 2.78. The number of hydrogen-bond acceptors (Lipinski definition) is 6. The molecule has 4 rings (SSSR count). The van der Waals surface area contributed by atoms with Crippen molar-refractivity contribution in [3.63, 3.8) is 0 Å². The molecule has 1 amide bonds. The first-order valence-corrected chi connectivity index (χ1v) is 11.4. The van der Waals surface area contributed by atoms with E-state index in [1.54, 1.807) is 26.2 Å². The number of phenols is 1.